The Bertz CT molecular complexity index is 618. The number of ether oxygens (including phenoxy) is 1. The third-order valence-electron chi connectivity index (χ3n) is 4.60. The average Bonchev–Trinajstić information content (AvgIpc) is 2.62. The van der Waals surface area contributed by atoms with Crippen LogP contribution >= 0.6 is 0 Å². The largest absolute Gasteiger partial charge is 0.469 e. The van der Waals surface area contributed by atoms with E-state index in [0.29, 0.717) is 30.4 Å². The molecule has 2 aliphatic heterocycles. The molecule has 5 nitrogen and oxygen atoms in total. The molecule has 0 spiro atoms. The zero-order valence-electron chi connectivity index (χ0n) is 12.3. The minimum Gasteiger partial charge on any atom is -0.469 e. The fourth-order valence-corrected chi connectivity index (χ4v) is 3.42. The van der Waals surface area contributed by atoms with Crippen molar-refractivity contribution >= 4 is 11.9 Å². The Balaban J connectivity index is 1.94. The van der Waals surface area contributed by atoms with Gasteiger partial charge in [0.2, 0.25) is 0 Å². The zero-order valence-corrected chi connectivity index (χ0v) is 12.3. The van der Waals surface area contributed by atoms with Crippen LogP contribution in [0, 0.1) is 11.7 Å². The lowest BCUT2D eigenvalue weighted by atomic mass is 9.90. The molecule has 0 aromatic heterocycles. The van der Waals surface area contributed by atoms with Crippen LogP contribution in [0.3, 0.4) is 0 Å². The molecule has 0 saturated carbocycles. The topological polar surface area (TPSA) is 66.8 Å². The molecule has 0 bridgehead atoms. The minimum absolute atomic E-state index is 0.140. The molecule has 6 heteroatoms. The number of hydrogen-bond donors (Lipinski definition) is 1. The molecule has 1 amide bonds. The van der Waals surface area contributed by atoms with Crippen molar-refractivity contribution in [3.63, 3.8) is 0 Å². The van der Waals surface area contributed by atoms with Crippen molar-refractivity contribution in [1.29, 1.82) is 0 Å². The first-order valence-electron chi connectivity index (χ1n) is 7.37. The SMILES string of the molecule is COC(=O)[C@H]1CC[C@@H]2CC(O)c3cc(F)ccc3C(=O)N2C1. The van der Waals surface area contributed by atoms with Gasteiger partial charge in [-0.25, -0.2) is 4.39 Å². The summed E-state index contributed by atoms with van der Waals surface area (Å²) < 4.78 is 18.2. The molecule has 1 N–H and O–H groups in total. The monoisotopic (exact) mass is 307 g/mol. The van der Waals surface area contributed by atoms with Gasteiger partial charge in [-0.1, -0.05) is 0 Å². The van der Waals surface area contributed by atoms with Gasteiger partial charge in [0, 0.05) is 18.2 Å². The molecule has 22 heavy (non-hydrogen) atoms. The highest BCUT2D eigenvalue weighted by Gasteiger charge is 2.40. The number of amides is 1. The predicted molar refractivity (Wildman–Crippen MR) is 75.5 cm³/mol. The number of hydrogen-bond acceptors (Lipinski definition) is 4. The van der Waals surface area contributed by atoms with Gasteiger partial charge in [0.1, 0.15) is 5.82 Å². The first kappa shape index (κ1) is 15.0. The second-order valence-corrected chi connectivity index (χ2v) is 5.89. The van der Waals surface area contributed by atoms with Gasteiger partial charge in [-0.2, -0.15) is 0 Å². The van der Waals surface area contributed by atoms with E-state index in [-0.39, 0.29) is 30.4 Å². The van der Waals surface area contributed by atoms with Crippen LogP contribution < -0.4 is 0 Å². The van der Waals surface area contributed by atoms with E-state index >= 15 is 0 Å². The average molecular weight is 307 g/mol. The van der Waals surface area contributed by atoms with E-state index in [1.807, 2.05) is 0 Å². The first-order chi connectivity index (χ1) is 10.5. The normalized spacial score (nSPS) is 27.7. The number of carbonyl (C=O) groups excluding carboxylic acids is 2. The number of aliphatic hydroxyl groups excluding tert-OH is 1. The van der Waals surface area contributed by atoms with Crippen molar-refractivity contribution in [3.8, 4) is 0 Å². The van der Waals surface area contributed by atoms with E-state index in [9.17, 15) is 19.1 Å². The van der Waals surface area contributed by atoms with E-state index in [4.69, 9.17) is 4.74 Å². The van der Waals surface area contributed by atoms with Crippen LogP contribution in [0.5, 0.6) is 0 Å². The molecule has 2 heterocycles. The molecule has 1 fully saturated rings. The highest BCUT2D eigenvalue weighted by Crippen LogP contribution is 2.35. The van der Waals surface area contributed by atoms with E-state index in [2.05, 4.69) is 0 Å². The third kappa shape index (κ3) is 2.47. The van der Waals surface area contributed by atoms with Crippen LogP contribution in [-0.4, -0.2) is 41.6 Å². The van der Waals surface area contributed by atoms with Crippen LogP contribution in [0.1, 0.15) is 41.3 Å². The number of esters is 1. The van der Waals surface area contributed by atoms with Crippen LogP contribution in [0.25, 0.3) is 0 Å². The number of fused-ring (bicyclic) bond motifs is 2. The van der Waals surface area contributed by atoms with Crippen molar-refractivity contribution in [3.05, 3.63) is 35.1 Å². The molecule has 3 atom stereocenters. The number of aliphatic hydroxyl groups is 1. The second-order valence-electron chi connectivity index (χ2n) is 5.89. The van der Waals surface area contributed by atoms with Crippen LogP contribution in [0.4, 0.5) is 4.39 Å². The highest BCUT2D eigenvalue weighted by molar-refractivity contribution is 5.96. The highest BCUT2D eigenvalue weighted by atomic mass is 19.1. The fourth-order valence-electron chi connectivity index (χ4n) is 3.42. The summed E-state index contributed by atoms with van der Waals surface area (Å²) >= 11 is 0. The molecular weight excluding hydrogens is 289 g/mol. The summed E-state index contributed by atoms with van der Waals surface area (Å²) in [6.07, 6.45) is 0.729. The van der Waals surface area contributed by atoms with E-state index in [1.165, 1.54) is 25.3 Å². The molecule has 1 unspecified atom stereocenters. The fraction of sp³-hybridized carbons (Fsp3) is 0.500. The number of piperidine rings is 1. The molecule has 2 aliphatic rings. The van der Waals surface area contributed by atoms with Gasteiger partial charge in [-0.05, 0) is 43.0 Å². The smallest absolute Gasteiger partial charge is 0.310 e. The number of carbonyl (C=O) groups is 2. The van der Waals surface area contributed by atoms with E-state index in [1.54, 1.807) is 4.90 Å². The molecule has 1 aromatic rings. The summed E-state index contributed by atoms with van der Waals surface area (Å²) in [5.74, 6) is -1.40. The third-order valence-corrected chi connectivity index (χ3v) is 4.60. The Morgan fingerprint density at radius 2 is 2.18 bits per heavy atom. The Morgan fingerprint density at radius 3 is 2.91 bits per heavy atom. The van der Waals surface area contributed by atoms with Gasteiger partial charge in [-0.3, -0.25) is 9.59 Å². The van der Waals surface area contributed by atoms with Gasteiger partial charge >= 0.3 is 5.97 Å². The summed E-state index contributed by atoms with van der Waals surface area (Å²) in [4.78, 5) is 26.1. The van der Waals surface area contributed by atoms with Gasteiger partial charge in [0.05, 0.1) is 19.1 Å². The minimum atomic E-state index is -0.876. The number of nitrogens with zero attached hydrogens (tertiary/aromatic N) is 1. The standard InChI is InChI=1S/C16H18FNO4/c1-22-16(21)9-2-4-11-7-14(19)13-6-10(17)3-5-12(13)15(20)18(11)8-9/h3,5-6,9,11,14,19H,2,4,7-8H2,1H3/t9-,11+,14?/m0/s1. The molecule has 0 radical (unpaired) electrons. The number of benzene rings is 1. The summed E-state index contributed by atoms with van der Waals surface area (Å²) in [6.45, 7) is 0.277. The lowest BCUT2D eigenvalue weighted by Gasteiger charge is -2.38. The maximum Gasteiger partial charge on any atom is 0.310 e. The van der Waals surface area contributed by atoms with E-state index < -0.39 is 11.9 Å². The molecular formula is C16H18FNO4. The van der Waals surface area contributed by atoms with Crippen molar-refractivity contribution in [2.45, 2.75) is 31.4 Å². The van der Waals surface area contributed by atoms with Crippen molar-refractivity contribution in [1.82, 2.24) is 4.90 Å². The summed E-state index contributed by atoms with van der Waals surface area (Å²) in [6, 6.07) is 3.69. The Kier molecular flexibility index (Phi) is 3.87. The van der Waals surface area contributed by atoms with Gasteiger partial charge in [-0.15, -0.1) is 0 Å². The quantitative estimate of drug-likeness (QED) is 0.801. The van der Waals surface area contributed by atoms with Crippen molar-refractivity contribution < 1.29 is 23.8 Å². The van der Waals surface area contributed by atoms with Crippen LogP contribution in [0.15, 0.2) is 18.2 Å². The van der Waals surface area contributed by atoms with Crippen LogP contribution in [0.2, 0.25) is 0 Å². The maximum absolute atomic E-state index is 13.4. The molecule has 0 aliphatic carbocycles. The molecule has 1 saturated heterocycles. The predicted octanol–water partition coefficient (Wildman–Crippen LogP) is 1.66. The Labute approximate surface area is 127 Å². The van der Waals surface area contributed by atoms with Crippen molar-refractivity contribution in [2.24, 2.45) is 5.92 Å². The van der Waals surface area contributed by atoms with E-state index in [0.717, 1.165) is 0 Å². The number of methoxy groups -OCH3 is 1. The summed E-state index contributed by atoms with van der Waals surface area (Å²) in [5, 5.41) is 10.3. The van der Waals surface area contributed by atoms with Crippen LogP contribution in [-0.2, 0) is 9.53 Å². The summed E-state index contributed by atoms with van der Waals surface area (Å²) in [7, 11) is 1.33. The maximum atomic E-state index is 13.4. The first-order valence-corrected chi connectivity index (χ1v) is 7.37. The zero-order chi connectivity index (χ0) is 15.9. The lowest BCUT2D eigenvalue weighted by Crippen LogP contribution is -2.48. The second kappa shape index (κ2) is 5.68. The van der Waals surface area contributed by atoms with Crippen molar-refractivity contribution in [2.75, 3.05) is 13.7 Å². The molecule has 3 rings (SSSR count). The molecule has 1 aromatic carbocycles. The van der Waals surface area contributed by atoms with Gasteiger partial charge in [0.25, 0.3) is 5.91 Å². The summed E-state index contributed by atoms with van der Waals surface area (Å²) in [5.41, 5.74) is 0.635. The molecule has 118 valence electrons. The number of halogens is 1. The van der Waals surface area contributed by atoms with Gasteiger partial charge < -0.3 is 14.7 Å². The van der Waals surface area contributed by atoms with Gasteiger partial charge in [0.15, 0.2) is 0 Å². The number of rotatable bonds is 1. The lowest BCUT2D eigenvalue weighted by molar-refractivity contribution is -0.147. The Morgan fingerprint density at radius 1 is 1.41 bits per heavy atom. The Hall–Kier alpha value is -1.95.